The van der Waals surface area contributed by atoms with Crippen LogP contribution >= 0.6 is 0 Å². The number of aromatic carboxylic acids is 1. The van der Waals surface area contributed by atoms with Crippen LogP contribution in [-0.4, -0.2) is 19.5 Å². The molecule has 5 nitrogen and oxygen atoms in total. The van der Waals surface area contributed by atoms with Gasteiger partial charge in [-0.3, -0.25) is 4.72 Å². The van der Waals surface area contributed by atoms with E-state index in [4.69, 9.17) is 0 Å². The molecule has 5 aromatic carbocycles. The molecule has 0 aromatic heterocycles. The van der Waals surface area contributed by atoms with E-state index in [0.29, 0.717) is 16.6 Å². The molecular formula is C32H24FNO4S. The van der Waals surface area contributed by atoms with Crippen LogP contribution in [0.5, 0.6) is 0 Å². The minimum atomic E-state index is -3.80. The van der Waals surface area contributed by atoms with E-state index in [2.05, 4.69) is 4.72 Å². The van der Waals surface area contributed by atoms with Crippen LogP contribution in [-0.2, 0) is 10.0 Å². The van der Waals surface area contributed by atoms with Gasteiger partial charge in [0.25, 0.3) is 10.0 Å². The maximum atomic E-state index is 13.4. The van der Waals surface area contributed by atoms with Crippen LogP contribution in [0.25, 0.3) is 34.1 Å². The van der Waals surface area contributed by atoms with Crippen molar-refractivity contribution in [2.24, 2.45) is 0 Å². The predicted molar refractivity (Wildman–Crippen MR) is 154 cm³/mol. The number of nitrogens with one attached hydrogen (secondary N) is 1. The summed E-state index contributed by atoms with van der Waals surface area (Å²) >= 11 is 0. The molecule has 5 aromatic rings. The minimum absolute atomic E-state index is 0.129. The van der Waals surface area contributed by atoms with Crippen molar-refractivity contribution in [3.8, 4) is 11.1 Å². The number of carbonyl (C=O) groups is 1. The molecule has 2 N–H and O–H groups in total. The molecule has 0 amide bonds. The largest absolute Gasteiger partial charge is 0.478 e. The van der Waals surface area contributed by atoms with Gasteiger partial charge in [-0.05, 0) is 83.1 Å². The highest BCUT2D eigenvalue weighted by Gasteiger charge is 2.15. The number of carboxylic acids is 1. The lowest BCUT2D eigenvalue weighted by Crippen LogP contribution is -2.13. The monoisotopic (exact) mass is 537 g/mol. The van der Waals surface area contributed by atoms with Crippen LogP contribution < -0.4 is 4.72 Å². The Hall–Kier alpha value is -4.75. The average molecular weight is 538 g/mol. The van der Waals surface area contributed by atoms with Crippen molar-refractivity contribution >= 4 is 44.6 Å². The molecular weight excluding hydrogens is 513 g/mol. The first-order valence-corrected chi connectivity index (χ1v) is 13.6. The first-order valence-electron chi connectivity index (χ1n) is 12.1. The van der Waals surface area contributed by atoms with Crippen molar-refractivity contribution in [1.82, 2.24) is 0 Å². The first-order chi connectivity index (χ1) is 18.7. The number of rotatable bonds is 7. The zero-order chi connectivity index (χ0) is 27.6. The molecule has 5 rings (SSSR count). The topological polar surface area (TPSA) is 83.5 Å². The zero-order valence-electron chi connectivity index (χ0n) is 20.9. The van der Waals surface area contributed by atoms with Crippen LogP contribution in [0.2, 0.25) is 0 Å². The quantitative estimate of drug-likeness (QED) is 0.209. The molecule has 0 saturated carbocycles. The Balaban J connectivity index is 1.50. The summed E-state index contributed by atoms with van der Waals surface area (Å²) in [6.07, 6.45) is 3.48. The van der Waals surface area contributed by atoms with Crippen molar-refractivity contribution in [2.45, 2.75) is 11.8 Å². The number of halogens is 1. The average Bonchev–Trinajstić information content (AvgIpc) is 2.92. The molecule has 7 heteroatoms. The normalized spacial score (nSPS) is 11.6. The molecule has 0 bridgehead atoms. The summed E-state index contributed by atoms with van der Waals surface area (Å²) < 4.78 is 42.1. The molecule has 0 fully saturated rings. The van der Waals surface area contributed by atoms with Crippen LogP contribution in [0.15, 0.2) is 108 Å². The fourth-order valence-corrected chi connectivity index (χ4v) is 5.39. The van der Waals surface area contributed by atoms with Crippen molar-refractivity contribution < 1.29 is 22.7 Å². The van der Waals surface area contributed by atoms with Gasteiger partial charge < -0.3 is 5.11 Å². The predicted octanol–water partition coefficient (Wildman–Crippen LogP) is 7.62. The smallest absolute Gasteiger partial charge is 0.336 e. The Morgan fingerprint density at radius 1 is 0.821 bits per heavy atom. The highest BCUT2D eigenvalue weighted by atomic mass is 32.2. The molecule has 39 heavy (non-hydrogen) atoms. The summed E-state index contributed by atoms with van der Waals surface area (Å²) in [6, 6.07) is 28.6. The first kappa shape index (κ1) is 25.9. The molecule has 0 unspecified atom stereocenters. The van der Waals surface area contributed by atoms with E-state index in [0.717, 1.165) is 27.6 Å². The molecule has 0 spiro atoms. The number of aryl methyl sites for hydroxylation is 1. The SMILES string of the molecule is Cc1ccc(S(=O)(=O)Nc2cccc3ccc(C=Cc4cc(-c5ccc(F)cc5)ccc4C(=O)O)cc23)cc1. The second-order valence-electron chi connectivity index (χ2n) is 9.15. The van der Waals surface area contributed by atoms with Crippen molar-refractivity contribution in [2.75, 3.05) is 4.72 Å². The van der Waals surface area contributed by atoms with Gasteiger partial charge in [0.1, 0.15) is 5.82 Å². The van der Waals surface area contributed by atoms with E-state index >= 15 is 0 Å². The molecule has 0 saturated heterocycles. The van der Waals surface area contributed by atoms with Gasteiger partial charge in [-0.15, -0.1) is 0 Å². The second kappa shape index (κ2) is 10.6. The van der Waals surface area contributed by atoms with E-state index in [1.165, 1.54) is 18.2 Å². The van der Waals surface area contributed by atoms with Gasteiger partial charge in [-0.1, -0.05) is 72.3 Å². The minimum Gasteiger partial charge on any atom is -0.478 e. The standard InChI is InChI=1S/C32H24FNO4S/c1-21-5-16-28(17-6-21)39(37,38)34-31-4-2-3-24-9-7-22(19-30(24)31)8-10-26-20-25(13-18-29(26)32(35)36)23-11-14-27(33)15-12-23/h2-20,34H,1H3,(H,35,36). The number of sulfonamides is 1. The number of benzene rings is 5. The lowest BCUT2D eigenvalue weighted by atomic mass is 9.98. The van der Waals surface area contributed by atoms with Gasteiger partial charge in [0.2, 0.25) is 0 Å². The summed E-state index contributed by atoms with van der Waals surface area (Å²) in [6.45, 7) is 1.89. The Morgan fingerprint density at radius 2 is 1.54 bits per heavy atom. The van der Waals surface area contributed by atoms with Gasteiger partial charge in [0.05, 0.1) is 16.1 Å². The molecule has 0 atom stereocenters. The van der Waals surface area contributed by atoms with Crippen molar-refractivity contribution in [1.29, 1.82) is 0 Å². The Morgan fingerprint density at radius 3 is 2.26 bits per heavy atom. The number of hydrogen-bond acceptors (Lipinski definition) is 3. The van der Waals surface area contributed by atoms with Gasteiger partial charge >= 0.3 is 5.97 Å². The maximum absolute atomic E-state index is 13.4. The van der Waals surface area contributed by atoms with Crippen LogP contribution in [0.3, 0.4) is 0 Å². The number of hydrogen-bond donors (Lipinski definition) is 2. The molecule has 0 aliphatic rings. The van der Waals surface area contributed by atoms with Crippen LogP contribution in [0.1, 0.15) is 27.0 Å². The highest BCUT2D eigenvalue weighted by Crippen LogP contribution is 2.29. The Labute approximate surface area is 225 Å². The molecule has 0 aliphatic carbocycles. The van der Waals surface area contributed by atoms with Crippen molar-refractivity contribution in [3.63, 3.8) is 0 Å². The van der Waals surface area contributed by atoms with Gasteiger partial charge in [0.15, 0.2) is 0 Å². The summed E-state index contributed by atoms with van der Waals surface area (Å²) in [4.78, 5) is 12.0. The van der Waals surface area contributed by atoms with E-state index < -0.39 is 16.0 Å². The summed E-state index contributed by atoms with van der Waals surface area (Å²) in [5, 5.41) is 11.3. The van der Waals surface area contributed by atoms with Gasteiger partial charge in [0, 0.05) is 5.39 Å². The third-order valence-electron chi connectivity index (χ3n) is 6.40. The van der Waals surface area contributed by atoms with E-state index in [9.17, 15) is 22.7 Å². The Bertz CT molecular complexity index is 1830. The number of anilines is 1. The summed E-state index contributed by atoms with van der Waals surface area (Å²) in [7, 11) is -3.80. The van der Waals surface area contributed by atoms with E-state index in [-0.39, 0.29) is 16.3 Å². The van der Waals surface area contributed by atoms with Gasteiger partial charge in [-0.25, -0.2) is 17.6 Å². The molecule has 0 heterocycles. The van der Waals surface area contributed by atoms with Crippen LogP contribution in [0.4, 0.5) is 10.1 Å². The van der Waals surface area contributed by atoms with Crippen molar-refractivity contribution in [3.05, 3.63) is 131 Å². The summed E-state index contributed by atoms with van der Waals surface area (Å²) in [5.74, 6) is -1.41. The van der Waals surface area contributed by atoms with Crippen LogP contribution in [0, 0.1) is 12.7 Å². The fraction of sp³-hybridized carbons (Fsp3) is 0.0312. The third-order valence-corrected chi connectivity index (χ3v) is 7.78. The van der Waals surface area contributed by atoms with E-state index in [1.54, 1.807) is 72.8 Å². The molecule has 0 radical (unpaired) electrons. The fourth-order valence-electron chi connectivity index (χ4n) is 4.31. The highest BCUT2D eigenvalue weighted by molar-refractivity contribution is 7.92. The number of carboxylic acid groups (broad SMARTS) is 1. The third kappa shape index (κ3) is 5.73. The lowest BCUT2D eigenvalue weighted by molar-refractivity contribution is 0.0696. The summed E-state index contributed by atoms with van der Waals surface area (Å²) in [5.41, 5.74) is 4.29. The second-order valence-corrected chi connectivity index (χ2v) is 10.8. The molecule has 0 aliphatic heterocycles. The van der Waals surface area contributed by atoms with E-state index in [1.807, 2.05) is 31.2 Å². The maximum Gasteiger partial charge on any atom is 0.336 e. The lowest BCUT2D eigenvalue weighted by Gasteiger charge is -2.12. The molecule has 194 valence electrons. The van der Waals surface area contributed by atoms with Gasteiger partial charge in [-0.2, -0.15) is 0 Å². The number of fused-ring (bicyclic) bond motifs is 1. The zero-order valence-corrected chi connectivity index (χ0v) is 21.7. The Kier molecular flexibility index (Phi) is 7.00.